The highest BCUT2D eigenvalue weighted by atomic mass is 32.2. The summed E-state index contributed by atoms with van der Waals surface area (Å²) in [7, 11) is 0. The maximum Gasteiger partial charge on any atom is 0.238 e. The Morgan fingerprint density at radius 1 is 1.21 bits per heavy atom. The first-order valence-corrected chi connectivity index (χ1v) is 11.3. The number of carbonyl (C=O) groups is 2. The molecule has 29 heavy (non-hydrogen) atoms. The van der Waals surface area contributed by atoms with E-state index < -0.39 is 0 Å². The molecule has 6 nitrogen and oxygen atoms in total. The summed E-state index contributed by atoms with van der Waals surface area (Å²) in [5, 5.41) is 4.07. The highest BCUT2D eigenvalue weighted by Gasteiger charge is 2.30. The lowest BCUT2D eigenvalue weighted by Gasteiger charge is -2.22. The summed E-state index contributed by atoms with van der Waals surface area (Å²) < 4.78 is 1.18. The summed E-state index contributed by atoms with van der Waals surface area (Å²) >= 11 is 3.04. The summed E-state index contributed by atoms with van der Waals surface area (Å²) in [5.74, 6) is -0.268. The van der Waals surface area contributed by atoms with Crippen LogP contribution in [0.3, 0.4) is 0 Å². The van der Waals surface area contributed by atoms with E-state index in [0.717, 1.165) is 34.8 Å². The number of benzene rings is 2. The van der Waals surface area contributed by atoms with Crippen LogP contribution in [-0.2, 0) is 9.59 Å². The average Bonchev–Trinajstić information content (AvgIpc) is 3.33. The van der Waals surface area contributed by atoms with Gasteiger partial charge in [0.1, 0.15) is 5.01 Å². The number of hydrogen-bond acceptors (Lipinski definition) is 6. The molecule has 3 N–H and O–H groups in total. The Hall–Kier alpha value is -2.42. The zero-order chi connectivity index (χ0) is 20.2. The maximum atomic E-state index is 12.7. The molecule has 1 saturated heterocycles. The number of rotatable bonds is 7. The number of aromatic nitrogens is 1. The van der Waals surface area contributed by atoms with Crippen molar-refractivity contribution in [3.05, 3.63) is 53.5 Å². The zero-order valence-corrected chi connectivity index (χ0v) is 17.5. The van der Waals surface area contributed by atoms with Crippen LogP contribution >= 0.6 is 23.1 Å². The number of hydrogen-bond donors (Lipinski definition) is 2. The average molecular weight is 427 g/mol. The third-order valence-electron chi connectivity index (χ3n) is 4.84. The van der Waals surface area contributed by atoms with Gasteiger partial charge in [0, 0.05) is 4.90 Å². The van der Waals surface area contributed by atoms with Crippen LogP contribution in [0.4, 0.5) is 5.69 Å². The molecule has 8 heteroatoms. The van der Waals surface area contributed by atoms with Crippen LogP contribution in [0.2, 0.25) is 0 Å². The topological polar surface area (TPSA) is 88.3 Å². The molecule has 0 bridgehead atoms. The standard InChI is InChI=1S/C21H22N4O2S2/c22-19(26)13-28-17-9-3-1-6-14(17)23-20(27)12-25-11-5-8-16(25)21-24-15-7-2-4-10-18(15)29-21/h1-4,6-7,9-10,16H,5,8,11-13H2,(H2,22,26)(H,23,27)/t16-/m1/s1. The van der Waals surface area contributed by atoms with Crippen LogP contribution in [0, 0.1) is 0 Å². The van der Waals surface area contributed by atoms with Crippen molar-refractivity contribution in [1.82, 2.24) is 9.88 Å². The van der Waals surface area contributed by atoms with Gasteiger partial charge in [-0.05, 0) is 43.7 Å². The number of nitrogens with two attached hydrogens (primary N) is 1. The Kier molecular flexibility index (Phi) is 6.13. The summed E-state index contributed by atoms with van der Waals surface area (Å²) in [5.41, 5.74) is 6.97. The zero-order valence-electron chi connectivity index (χ0n) is 15.8. The molecule has 1 aliphatic rings. The molecule has 0 unspecified atom stereocenters. The highest BCUT2D eigenvalue weighted by Crippen LogP contribution is 2.36. The van der Waals surface area contributed by atoms with E-state index in [-0.39, 0.29) is 23.6 Å². The van der Waals surface area contributed by atoms with Crippen molar-refractivity contribution in [1.29, 1.82) is 0 Å². The van der Waals surface area contributed by atoms with E-state index in [0.29, 0.717) is 12.2 Å². The fourth-order valence-corrected chi connectivity index (χ4v) is 5.43. The predicted molar refractivity (Wildman–Crippen MR) is 118 cm³/mol. The predicted octanol–water partition coefficient (Wildman–Crippen LogP) is 3.65. The number of anilines is 1. The number of nitrogens with zero attached hydrogens (tertiary/aromatic N) is 2. The monoisotopic (exact) mass is 426 g/mol. The van der Waals surface area contributed by atoms with E-state index in [2.05, 4.69) is 16.3 Å². The van der Waals surface area contributed by atoms with Crippen LogP contribution in [0.5, 0.6) is 0 Å². The highest BCUT2D eigenvalue weighted by molar-refractivity contribution is 8.00. The number of carbonyl (C=O) groups excluding carboxylic acids is 2. The normalized spacial score (nSPS) is 16.9. The van der Waals surface area contributed by atoms with Crippen LogP contribution in [0.15, 0.2) is 53.4 Å². The lowest BCUT2D eigenvalue weighted by molar-refractivity contribution is -0.117. The minimum absolute atomic E-state index is 0.0647. The van der Waals surface area contributed by atoms with E-state index in [1.165, 1.54) is 16.5 Å². The number of thiazole rings is 1. The van der Waals surface area contributed by atoms with Gasteiger partial charge in [0.25, 0.3) is 0 Å². The fourth-order valence-electron chi connectivity index (χ4n) is 3.55. The van der Waals surface area contributed by atoms with Gasteiger partial charge in [0.2, 0.25) is 11.8 Å². The Labute approximate surface area is 177 Å². The van der Waals surface area contributed by atoms with Gasteiger partial charge in [-0.1, -0.05) is 24.3 Å². The number of para-hydroxylation sites is 2. The Balaban J connectivity index is 1.43. The molecule has 1 fully saturated rings. The Bertz CT molecular complexity index is 1000. The number of thioether (sulfide) groups is 1. The second-order valence-electron chi connectivity index (χ2n) is 6.95. The number of amides is 2. The largest absolute Gasteiger partial charge is 0.369 e. The molecule has 2 heterocycles. The van der Waals surface area contributed by atoms with Crippen molar-refractivity contribution in [2.45, 2.75) is 23.8 Å². The van der Waals surface area contributed by atoms with Gasteiger partial charge in [-0.3, -0.25) is 14.5 Å². The van der Waals surface area contributed by atoms with Gasteiger partial charge < -0.3 is 11.1 Å². The molecule has 3 aromatic rings. The van der Waals surface area contributed by atoms with Crippen molar-refractivity contribution in [3.63, 3.8) is 0 Å². The lowest BCUT2D eigenvalue weighted by atomic mass is 10.2. The molecule has 1 aliphatic heterocycles. The number of primary amides is 1. The van der Waals surface area contributed by atoms with Crippen molar-refractivity contribution >= 4 is 50.8 Å². The number of nitrogens with one attached hydrogen (secondary N) is 1. The van der Waals surface area contributed by atoms with Crippen LogP contribution in [-0.4, -0.2) is 40.5 Å². The van der Waals surface area contributed by atoms with Crippen molar-refractivity contribution in [3.8, 4) is 0 Å². The smallest absolute Gasteiger partial charge is 0.238 e. The minimum atomic E-state index is -0.383. The molecule has 2 aromatic carbocycles. The minimum Gasteiger partial charge on any atom is -0.369 e. The van der Waals surface area contributed by atoms with Crippen molar-refractivity contribution in [2.75, 3.05) is 24.2 Å². The quantitative estimate of drug-likeness (QED) is 0.563. The summed E-state index contributed by atoms with van der Waals surface area (Å²) in [6.07, 6.45) is 2.07. The lowest BCUT2D eigenvalue weighted by Crippen LogP contribution is -2.33. The second kappa shape index (κ2) is 8.94. The van der Waals surface area contributed by atoms with E-state index in [9.17, 15) is 9.59 Å². The van der Waals surface area contributed by atoms with E-state index in [1.807, 2.05) is 42.5 Å². The molecule has 0 spiro atoms. The Morgan fingerprint density at radius 2 is 2.00 bits per heavy atom. The molecule has 0 saturated carbocycles. The van der Waals surface area contributed by atoms with Gasteiger partial charge in [0.05, 0.1) is 34.2 Å². The summed E-state index contributed by atoms with van der Waals surface area (Å²) in [6, 6.07) is 15.8. The first kappa shape index (κ1) is 19.9. The molecule has 0 aliphatic carbocycles. The van der Waals surface area contributed by atoms with E-state index in [1.54, 1.807) is 11.3 Å². The first-order valence-electron chi connectivity index (χ1n) is 9.49. The van der Waals surface area contributed by atoms with Crippen LogP contribution in [0.1, 0.15) is 23.9 Å². The van der Waals surface area contributed by atoms with Gasteiger partial charge in [-0.15, -0.1) is 23.1 Å². The van der Waals surface area contributed by atoms with E-state index in [4.69, 9.17) is 10.7 Å². The molecule has 2 amide bonds. The Morgan fingerprint density at radius 3 is 2.83 bits per heavy atom. The maximum absolute atomic E-state index is 12.7. The van der Waals surface area contributed by atoms with Gasteiger partial charge in [-0.2, -0.15) is 0 Å². The van der Waals surface area contributed by atoms with Gasteiger partial charge in [-0.25, -0.2) is 4.98 Å². The third-order valence-corrected chi connectivity index (χ3v) is 7.07. The molecule has 1 atom stereocenters. The fraction of sp³-hybridized carbons (Fsp3) is 0.286. The SMILES string of the molecule is NC(=O)CSc1ccccc1NC(=O)CN1CCC[C@@H]1c1nc2ccccc2s1. The first-order chi connectivity index (χ1) is 14.1. The third kappa shape index (κ3) is 4.77. The molecular formula is C21H22N4O2S2. The van der Waals surface area contributed by atoms with Crippen LogP contribution in [0.25, 0.3) is 10.2 Å². The number of fused-ring (bicyclic) bond motifs is 1. The second-order valence-corrected chi connectivity index (χ2v) is 9.03. The summed E-state index contributed by atoms with van der Waals surface area (Å²) in [6.45, 7) is 1.20. The molecule has 150 valence electrons. The van der Waals surface area contributed by atoms with E-state index >= 15 is 0 Å². The molecule has 4 rings (SSSR count). The van der Waals surface area contributed by atoms with Gasteiger partial charge >= 0.3 is 0 Å². The van der Waals surface area contributed by atoms with Gasteiger partial charge in [0.15, 0.2) is 0 Å². The van der Waals surface area contributed by atoms with Crippen LogP contribution < -0.4 is 11.1 Å². The summed E-state index contributed by atoms with van der Waals surface area (Å²) in [4.78, 5) is 31.6. The van der Waals surface area contributed by atoms with Crippen molar-refractivity contribution in [2.24, 2.45) is 5.73 Å². The number of likely N-dealkylation sites (tertiary alicyclic amines) is 1. The van der Waals surface area contributed by atoms with Crippen molar-refractivity contribution < 1.29 is 9.59 Å². The molecular weight excluding hydrogens is 404 g/mol. The molecule has 0 radical (unpaired) electrons. The molecule has 1 aromatic heterocycles.